The van der Waals surface area contributed by atoms with E-state index in [-0.39, 0.29) is 17.6 Å². The third-order valence-corrected chi connectivity index (χ3v) is 5.59. The molecule has 1 fully saturated rings. The van der Waals surface area contributed by atoms with E-state index < -0.39 is 5.97 Å². The zero-order valence-corrected chi connectivity index (χ0v) is 12.6. The van der Waals surface area contributed by atoms with Gasteiger partial charge in [-0.15, -0.1) is 11.8 Å². The van der Waals surface area contributed by atoms with Crippen LogP contribution in [-0.4, -0.2) is 40.2 Å². The van der Waals surface area contributed by atoms with Crippen LogP contribution in [-0.2, 0) is 16.0 Å². The second-order valence-corrected chi connectivity index (χ2v) is 7.03. The molecular formula is C16H19NO3S. The second kappa shape index (κ2) is 6.10. The van der Waals surface area contributed by atoms with Crippen LogP contribution in [0.15, 0.2) is 29.2 Å². The van der Waals surface area contributed by atoms with Crippen LogP contribution in [0.1, 0.15) is 24.8 Å². The van der Waals surface area contributed by atoms with Crippen LogP contribution in [0.2, 0.25) is 0 Å². The largest absolute Gasteiger partial charge is 0.481 e. The van der Waals surface area contributed by atoms with Gasteiger partial charge < -0.3 is 10.0 Å². The average Bonchev–Trinajstić information content (AvgIpc) is 3.11. The van der Waals surface area contributed by atoms with E-state index in [1.165, 1.54) is 10.5 Å². The average molecular weight is 305 g/mol. The van der Waals surface area contributed by atoms with Crippen molar-refractivity contribution >= 4 is 23.6 Å². The predicted octanol–water partition coefficient (Wildman–Crippen LogP) is 2.42. The highest BCUT2D eigenvalue weighted by Crippen LogP contribution is 2.38. The molecule has 1 aromatic carbocycles. The highest BCUT2D eigenvalue weighted by atomic mass is 32.2. The molecule has 112 valence electrons. The molecule has 2 atom stereocenters. The smallest absolute Gasteiger partial charge is 0.303 e. The number of hydrogen-bond donors (Lipinski definition) is 1. The fourth-order valence-electron chi connectivity index (χ4n) is 3.12. The number of nitrogens with zero attached hydrogens (tertiary/aromatic N) is 1. The number of benzene rings is 1. The molecule has 0 saturated carbocycles. The van der Waals surface area contributed by atoms with E-state index in [4.69, 9.17) is 5.11 Å². The molecule has 0 radical (unpaired) electrons. The number of carbonyl (C=O) groups is 2. The number of carbonyl (C=O) groups excluding carboxylic acids is 1. The number of carboxylic acid groups (broad SMARTS) is 1. The first kappa shape index (κ1) is 14.4. The molecule has 0 aliphatic carbocycles. The highest BCUT2D eigenvalue weighted by molar-refractivity contribution is 8.01. The van der Waals surface area contributed by atoms with Crippen LogP contribution < -0.4 is 0 Å². The number of likely N-dealkylation sites (tertiary alicyclic amines) is 1. The van der Waals surface area contributed by atoms with E-state index in [9.17, 15) is 9.59 Å². The summed E-state index contributed by atoms with van der Waals surface area (Å²) in [5, 5.41) is 8.74. The van der Waals surface area contributed by atoms with Gasteiger partial charge in [0.25, 0.3) is 0 Å². The fraction of sp³-hybridized carbons (Fsp3) is 0.500. The lowest BCUT2D eigenvalue weighted by atomic mass is 10.0. The van der Waals surface area contributed by atoms with Gasteiger partial charge in [0.05, 0.1) is 5.25 Å². The Hall–Kier alpha value is -1.49. The summed E-state index contributed by atoms with van der Waals surface area (Å²) in [6, 6.07) is 8.20. The number of carboxylic acids is 1. The van der Waals surface area contributed by atoms with Gasteiger partial charge >= 0.3 is 5.97 Å². The van der Waals surface area contributed by atoms with Gasteiger partial charge in [0.15, 0.2) is 0 Å². The van der Waals surface area contributed by atoms with Crippen molar-refractivity contribution in [3.63, 3.8) is 0 Å². The molecule has 1 saturated heterocycles. The third kappa shape index (κ3) is 3.23. The molecule has 5 heteroatoms. The van der Waals surface area contributed by atoms with Crippen molar-refractivity contribution in [3.05, 3.63) is 29.8 Å². The first-order chi connectivity index (χ1) is 10.1. The van der Waals surface area contributed by atoms with Crippen molar-refractivity contribution in [1.82, 2.24) is 4.90 Å². The van der Waals surface area contributed by atoms with Gasteiger partial charge in [-0.3, -0.25) is 9.59 Å². The Morgan fingerprint density at radius 1 is 1.33 bits per heavy atom. The Morgan fingerprint density at radius 3 is 2.90 bits per heavy atom. The number of aliphatic carboxylic acids is 1. The molecule has 0 spiro atoms. The Kier molecular flexibility index (Phi) is 4.19. The van der Waals surface area contributed by atoms with Gasteiger partial charge in [-0.2, -0.15) is 0 Å². The summed E-state index contributed by atoms with van der Waals surface area (Å²) in [5.41, 5.74) is 1.27. The number of rotatable bonds is 4. The monoisotopic (exact) mass is 305 g/mol. The van der Waals surface area contributed by atoms with E-state index >= 15 is 0 Å². The number of amides is 1. The topological polar surface area (TPSA) is 57.6 Å². The van der Waals surface area contributed by atoms with Gasteiger partial charge in [-0.05, 0) is 36.8 Å². The van der Waals surface area contributed by atoms with Crippen LogP contribution in [0.3, 0.4) is 0 Å². The van der Waals surface area contributed by atoms with Crippen molar-refractivity contribution in [2.45, 2.75) is 35.8 Å². The first-order valence-corrected chi connectivity index (χ1v) is 8.26. The predicted molar refractivity (Wildman–Crippen MR) is 81.3 cm³/mol. The Labute approximate surface area is 128 Å². The molecule has 0 aromatic heterocycles. The van der Waals surface area contributed by atoms with Crippen molar-refractivity contribution in [2.24, 2.45) is 5.92 Å². The van der Waals surface area contributed by atoms with Crippen molar-refractivity contribution < 1.29 is 14.7 Å². The molecule has 2 heterocycles. The molecule has 3 rings (SSSR count). The van der Waals surface area contributed by atoms with Crippen LogP contribution >= 0.6 is 11.8 Å². The van der Waals surface area contributed by atoms with E-state index in [1.54, 1.807) is 11.8 Å². The van der Waals surface area contributed by atoms with E-state index in [0.29, 0.717) is 12.3 Å². The van der Waals surface area contributed by atoms with Gasteiger partial charge in [0.2, 0.25) is 5.91 Å². The summed E-state index contributed by atoms with van der Waals surface area (Å²) >= 11 is 1.67. The highest BCUT2D eigenvalue weighted by Gasteiger charge is 2.34. The fourth-order valence-corrected chi connectivity index (χ4v) is 4.40. The molecule has 21 heavy (non-hydrogen) atoms. The number of fused-ring (bicyclic) bond motifs is 1. The van der Waals surface area contributed by atoms with Crippen LogP contribution in [0, 0.1) is 5.92 Å². The lowest BCUT2D eigenvalue weighted by Crippen LogP contribution is -2.36. The first-order valence-electron chi connectivity index (χ1n) is 7.38. The van der Waals surface area contributed by atoms with Gasteiger partial charge in [0.1, 0.15) is 0 Å². The molecule has 1 aromatic rings. The standard InChI is InChI=1S/C16H19NO3S/c18-15(19)6-5-11-7-8-17(10-11)16(20)14-9-12-3-1-2-4-13(12)21-14/h1-4,11,14H,5-10H2,(H,18,19). The third-order valence-electron chi connectivity index (χ3n) is 4.29. The minimum Gasteiger partial charge on any atom is -0.481 e. The van der Waals surface area contributed by atoms with Gasteiger partial charge in [-0.1, -0.05) is 18.2 Å². The Morgan fingerprint density at radius 2 is 2.14 bits per heavy atom. The van der Waals surface area contributed by atoms with Crippen molar-refractivity contribution in [1.29, 1.82) is 0 Å². The van der Waals surface area contributed by atoms with Crippen LogP contribution in [0.5, 0.6) is 0 Å². The molecule has 1 amide bonds. The summed E-state index contributed by atoms with van der Waals surface area (Å²) in [7, 11) is 0. The summed E-state index contributed by atoms with van der Waals surface area (Å²) in [6.07, 6.45) is 2.63. The molecule has 2 aliphatic heterocycles. The molecule has 2 unspecified atom stereocenters. The Bertz CT molecular complexity index is 535. The maximum atomic E-state index is 12.6. The summed E-state index contributed by atoms with van der Waals surface area (Å²) in [5.74, 6) is -0.186. The minimum absolute atomic E-state index is 0.000578. The van der Waals surface area contributed by atoms with Crippen molar-refractivity contribution in [2.75, 3.05) is 13.1 Å². The van der Waals surface area contributed by atoms with Gasteiger partial charge in [-0.25, -0.2) is 0 Å². The SMILES string of the molecule is O=C(O)CCC1CCN(C(=O)C2Cc3ccccc3S2)C1. The number of hydrogen-bond acceptors (Lipinski definition) is 3. The molecule has 2 aliphatic rings. The molecular weight excluding hydrogens is 286 g/mol. The van der Waals surface area contributed by atoms with E-state index in [2.05, 4.69) is 12.1 Å². The second-order valence-electron chi connectivity index (χ2n) is 5.79. The maximum absolute atomic E-state index is 12.6. The minimum atomic E-state index is -0.749. The Balaban J connectivity index is 1.55. The van der Waals surface area contributed by atoms with Crippen LogP contribution in [0.25, 0.3) is 0 Å². The summed E-state index contributed by atoms with van der Waals surface area (Å²) in [6.45, 7) is 1.50. The molecule has 1 N–H and O–H groups in total. The molecule has 0 bridgehead atoms. The van der Waals surface area contributed by atoms with Crippen molar-refractivity contribution in [3.8, 4) is 0 Å². The van der Waals surface area contributed by atoms with Crippen LogP contribution in [0.4, 0.5) is 0 Å². The van der Waals surface area contributed by atoms with E-state index in [0.717, 1.165) is 25.9 Å². The lowest BCUT2D eigenvalue weighted by molar-refractivity contribution is -0.137. The normalized spacial score (nSPS) is 24.1. The maximum Gasteiger partial charge on any atom is 0.303 e. The lowest BCUT2D eigenvalue weighted by Gasteiger charge is -2.20. The summed E-state index contributed by atoms with van der Waals surface area (Å²) in [4.78, 5) is 26.4. The zero-order valence-electron chi connectivity index (χ0n) is 11.8. The van der Waals surface area contributed by atoms with Gasteiger partial charge in [0, 0.05) is 24.4 Å². The number of thioether (sulfide) groups is 1. The quantitative estimate of drug-likeness (QED) is 0.928. The zero-order chi connectivity index (χ0) is 14.8. The summed E-state index contributed by atoms with van der Waals surface area (Å²) < 4.78 is 0. The molecule has 4 nitrogen and oxygen atoms in total. The van der Waals surface area contributed by atoms with E-state index in [1.807, 2.05) is 17.0 Å².